The van der Waals surface area contributed by atoms with Crippen LogP contribution in [0.15, 0.2) is 12.1 Å². The van der Waals surface area contributed by atoms with Crippen molar-refractivity contribution in [2.75, 3.05) is 0 Å². The molecule has 2 unspecified atom stereocenters. The Balaban J connectivity index is 2.01. The van der Waals surface area contributed by atoms with Crippen molar-refractivity contribution in [2.45, 2.75) is 55.1 Å². The predicted octanol–water partition coefficient (Wildman–Crippen LogP) is 2.92. The normalized spacial score (nSPS) is 36.9. The zero-order valence-electron chi connectivity index (χ0n) is 11.4. The van der Waals surface area contributed by atoms with E-state index >= 15 is 0 Å². The van der Waals surface area contributed by atoms with Gasteiger partial charge in [-0.15, -0.1) is 0 Å². The van der Waals surface area contributed by atoms with Crippen LogP contribution in [-0.4, -0.2) is 19.8 Å². The van der Waals surface area contributed by atoms with Crippen molar-refractivity contribution in [2.24, 2.45) is 0 Å². The Labute approximate surface area is 119 Å². The lowest BCUT2D eigenvalue weighted by molar-refractivity contribution is 0.00557. The molecule has 2 fully saturated rings. The van der Waals surface area contributed by atoms with Gasteiger partial charge in [0.05, 0.1) is 5.60 Å². The van der Waals surface area contributed by atoms with Crippen molar-refractivity contribution < 1.29 is 18.1 Å². The van der Waals surface area contributed by atoms with Crippen LogP contribution in [0.25, 0.3) is 0 Å². The molecule has 110 valence electrons. The molecule has 2 aliphatic heterocycles. The lowest BCUT2D eigenvalue weighted by atomic mass is 9.79. The molecule has 0 radical (unpaired) electrons. The summed E-state index contributed by atoms with van der Waals surface area (Å²) in [4.78, 5) is 0. The smallest absolute Gasteiger partial charge is 0.162 e. The number of rotatable bonds is 1. The fourth-order valence-corrected chi connectivity index (χ4v) is 5.88. The first kappa shape index (κ1) is 14.1. The summed E-state index contributed by atoms with van der Waals surface area (Å²) in [6, 6.07) is 2.54. The lowest BCUT2D eigenvalue weighted by Gasteiger charge is -2.44. The molecular formula is C15H18F2O2S. The number of hydrogen-bond donors (Lipinski definition) is 1. The van der Waals surface area contributed by atoms with E-state index in [1.165, 1.54) is 13.0 Å². The Morgan fingerprint density at radius 1 is 1.25 bits per heavy atom. The van der Waals surface area contributed by atoms with Gasteiger partial charge in [0.15, 0.2) is 11.6 Å². The number of hydrogen-bond acceptors (Lipinski definition) is 2. The van der Waals surface area contributed by atoms with Crippen molar-refractivity contribution >= 4 is 10.8 Å². The first-order valence-corrected chi connectivity index (χ1v) is 8.27. The summed E-state index contributed by atoms with van der Waals surface area (Å²) < 4.78 is 39.2. The van der Waals surface area contributed by atoms with Gasteiger partial charge in [-0.2, -0.15) is 0 Å². The predicted molar refractivity (Wildman–Crippen MR) is 73.8 cm³/mol. The van der Waals surface area contributed by atoms with E-state index in [0.29, 0.717) is 18.4 Å². The number of halogens is 2. The maximum Gasteiger partial charge on any atom is 0.162 e. The van der Waals surface area contributed by atoms with E-state index in [0.717, 1.165) is 25.3 Å². The first-order chi connectivity index (χ1) is 9.42. The topological polar surface area (TPSA) is 37.3 Å². The van der Waals surface area contributed by atoms with E-state index in [1.54, 1.807) is 0 Å². The Bertz CT molecular complexity index is 557. The second kappa shape index (κ2) is 4.88. The monoisotopic (exact) mass is 300 g/mol. The van der Waals surface area contributed by atoms with Crippen molar-refractivity contribution in [3.8, 4) is 0 Å². The second-order valence-corrected chi connectivity index (χ2v) is 7.97. The van der Waals surface area contributed by atoms with E-state index in [2.05, 4.69) is 0 Å². The van der Waals surface area contributed by atoms with Crippen LogP contribution in [-0.2, 0) is 16.4 Å². The fourth-order valence-electron chi connectivity index (χ4n) is 3.66. The third-order valence-corrected chi connectivity index (χ3v) is 6.80. The zero-order valence-corrected chi connectivity index (χ0v) is 12.2. The van der Waals surface area contributed by atoms with Gasteiger partial charge in [-0.05, 0) is 49.8 Å². The molecule has 5 heteroatoms. The summed E-state index contributed by atoms with van der Waals surface area (Å²) in [5.41, 5.74) is -0.564. The molecule has 1 aromatic rings. The van der Waals surface area contributed by atoms with Gasteiger partial charge in [0.25, 0.3) is 0 Å². The van der Waals surface area contributed by atoms with Crippen LogP contribution in [0.2, 0.25) is 0 Å². The van der Waals surface area contributed by atoms with Gasteiger partial charge in [-0.3, -0.25) is 4.21 Å². The molecule has 0 amide bonds. The first-order valence-electron chi connectivity index (χ1n) is 6.99. The third kappa shape index (κ3) is 2.11. The van der Waals surface area contributed by atoms with E-state index in [1.807, 2.05) is 0 Å². The molecule has 2 bridgehead atoms. The highest BCUT2D eigenvalue weighted by atomic mass is 32.2. The Morgan fingerprint density at radius 2 is 1.85 bits per heavy atom. The van der Waals surface area contributed by atoms with Crippen LogP contribution in [0.5, 0.6) is 0 Å². The summed E-state index contributed by atoms with van der Waals surface area (Å²) in [7, 11) is -0.901. The molecule has 0 spiro atoms. The quantitative estimate of drug-likeness (QED) is 0.866. The van der Waals surface area contributed by atoms with Crippen molar-refractivity contribution in [1.29, 1.82) is 0 Å². The third-order valence-electron chi connectivity index (χ3n) is 4.68. The molecule has 1 N–H and O–H groups in total. The Morgan fingerprint density at radius 3 is 2.45 bits per heavy atom. The van der Waals surface area contributed by atoms with Crippen LogP contribution in [0.4, 0.5) is 8.78 Å². The minimum Gasteiger partial charge on any atom is -0.385 e. The van der Waals surface area contributed by atoms with E-state index < -0.39 is 28.0 Å². The summed E-state index contributed by atoms with van der Waals surface area (Å²) >= 11 is 0. The van der Waals surface area contributed by atoms with E-state index in [9.17, 15) is 18.1 Å². The Kier molecular flexibility index (Phi) is 3.45. The van der Waals surface area contributed by atoms with Gasteiger partial charge in [-0.25, -0.2) is 8.78 Å². The Hall–Kier alpha value is -0.810. The average Bonchev–Trinajstić information content (AvgIpc) is 2.38. The van der Waals surface area contributed by atoms with Gasteiger partial charge in [0, 0.05) is 21.3 Å². The summed E-state index contributed by atoms with van der Waals surface area (Å²) in [6.07, 6.45) is 3.47. The average molecular weight is 300 g/mol. The van der Waals surface area contributed by atoms with Crippen molar-refractivity contribution in [3.05, 3.63) is 34.9 Å². The van der Waals surface area contributed by atoms with Crippen LogP contribution in [0, 0.1) is 18.6 Å². The van der Waals surface area contributed by atoms with Crippen molar-refractivity contribution in [3.63, 3.8) is 0 Å². The maximum atomic E-state index is 13.7. The molecule has 2 heterocycles. The molecule has 2 saturated heterocycles. The second-order valence-electron chi connectivity index (χ2n) is 5.98. The maximum absolute atomic E-state index is 13.7. The highest BCUT2D eigenvalue weighted by molar-refractivity contribution is 7.86. The molecule has 2 aliphatic rings. The molecule has 2 atom stereocenters. The van der Waals surface area contributed by atoms with E-state index in [4.69, 9.17) is 0 Å². The van der Waals surface area contributed by atoms with Gasteiger partial charge < -0.3 is 5.11 Å². The molecule has 0 saturated carbocycles. The molecule has 0 aromatic heterocycles. The molecule has 1 aromatic carbocycles. The van der Waals surface area contributed by atoms with E-state index in [-0.39, 0.29) is 16.1 Å². The summed E-state index contributed by atoms with van der Waals surface area (Å²) in [5, 5.41) is 10.9. The highest BCUT2D eigenvalue weighted by Gasteiger charge is 2.47. The lowest BCUT2D eigenvalue weighted by Crippen LogP contribution is -2.47. The summed E-state index contributed by atoms with van der Waals surface area (Å²) in [6.45, 7) is 1.49. The minimum atomic E-state index is -1.18. The van der Waals surface area contributed by atoms with Crippen LogP contribution in [0.3, 0.4) is 0 Å². The summed E-state index contributed by atoms with van der Waals surface area (Å²) in [5.74, 6) is -1.79. The molecule has 20 heavy (non-hydrogen) atoms. The largest absolute Gasteiger partial charge is 0.385 e. The van der Waals surface area contributed by atoms with Gasteiger partial charge in [0.1, 0.15) is 0 Å². The van der Waals surface area contributed by atoms with Crippen LogP contribution < -0.4 is 0 Å². The van der Waals surface area contributed by atoms with Gasteiger partial charge in [0.2, 0.25) is 0 Å². The fraction of sp³-hybridized carbons (Fsp3) is 0.600. The van der Waals surface area contributed by atoms with Crippen molar-refractivity contribution in [1.82, 2.24) is 0 Å². The number of aliphatic hydroxyl groups is 1. The molecule has 3 rings (SSSR count). The van der Waals surface area contributed by atoms with Crippen LogP contribution in [0.1, 0.15) is 43.2 Å². The SMILES string of the molecule is Cc1c(C2(O)CC3CCCC(C2)S3=O)ccc(F)c1F. The van der Waals surface area contributed by atoms with Gasteiger partial charge in [-0.1, -0.05) is 12.5 Å². The van der Waals surface area contributed by atoms with Gasteiger partial charge >= 0.3 is 0 Å². The standard InChI is InChI=1S/C15H18F2O2S/c1-9-12(5-6-13(16)14(9)17)15(18)7-10-3-2-4-11(8-15)20(10)19/h5-6,10-11,18H,2-4,7-8H2,1H3. The molecule has 0 aliphatic carbocycles. The zero-order chi connectivity index (χ0) is 14.5. The molecule has 2 nitrogen and oxygen atoms in total. The number of fused-ring (bicyclic) bond motifs is 2. The number of benzene rings is 1. The minimum absolute atomic E-state index is 0.0278. The van der Waals surface area contributed by atoms with Crippen LogP contribution >= 0.6 is 0 Å². The highest BCUT2D eigenvalue weighted by Crippen LogP contribution is 2.45. The molecular weight excluding hydrogens is 282 g/mol.